The fraction of sp³-hybridized carbons (Fsp3) is 0.500. The quantitative estimate of drug-likeness (QED) is 0.275. The molecule has 0 radical (unpaired) electrons. The van der Waals surface area contributed by atoms with Crippen molar-refractivity contribution in [2.24, 2.45) is 5.41 Å². The van der Waals surface area contributed by atoms with Crippen molar-refractivity contribution in [1.82, 2.24) is 5.32 Å². The summed E-state index contributed by atoms with van der Waals surface area (Å²) < 4.78 is 15.0. The van der Waals surface area contributed by atoms with E-state index >= 15 is 0 Å². The Balaban J connectivity index is 0.00000125. The molecule has 0 aliphatic carbocycles. The highest BCUT2D eigenvalue weighted by Gasteiger charge is 2.33. The van der Waals surface area contributed by atoms with Gasteiger partial charge in [-0.3, -0.25) is 0 Å². The average Bonchev–Trinajstić information content (AvgIpc) is 3.42. The third-order valence-electron chi connectivity index (χ3n) is 3.42. The topological polar surface area (TPSA) is 101 Å². The second-order valence-electron chi connectivity index (χ2n) is 5.60. The zero-order valence-corrected chi connectivity index (χ0v) is 14.9. The Bertz CT molecular complexity index is 436. The molecule has 7 nitrogen and oxygen atoms in total. The van der Waals surface area contributed by atoms with Crippen LogP contribution in [0.15, 0.2) is 38.0 Å². The highest BCUT2D eigenvalue weighted by molar-refractivity contribution is 5.82. The van der Waals surface area contributed by atoms with E-state index in [9.17, 15) is 14.4 Å². The average molecular weight is 353 g/mol. The molecule has 1 N–H and O–H groups in total. The first kappa shape index (κ1) is 22.6. The van der Waals surface area contributed by atoms with E-state index in [2.05, 4.69) is 32.0 Å². The maximum absolute atomic E-state index is 11.2. The molecule has 1 saturated heterocycles. The van der Waals surface area contributed by atoms with Crippen molar-refractivity contribution in [1.29, 1.82) is 0 Å². The van der Waals surface area contributed by atoms with Gasteiger partial charge in [0.2, 0.25) is 0 Å². The molecule has 1 fully saturated rings. The largest absolute Gasteiger partial charge is 0.462 e. The summed E-state index contributed by atoms with van der Waals surface area (Å²) in [6.07, 6.45) is 3.51. The molecule has 0 amide bonds. The van der Waals surface area contributed by atoms with Crippen LogP contribution in [0.5, 0.6) is 0 Å². The van der Waals surface area contributed by atoms with Gasteiger partial charge >= 0.3 is 17.9 Å². The van der Waals surface area contributed by atoms with Crippen LogP contribution in [0.2, 0.25) is 0 Å². The number of carbonyl (C=O) groups is 3. The monoisotopic (exact) mass is 353 g/mol. The molecular formula is C18H27NO6. The number of ether oxygens (including phenoxy) is 3. The minimum absolute atomic E-state index is 0.0802. The molecule has 1 unspecified atom stereocenters. The van der Waals surface area contributed by atoms with E-state index in [0.717, 1.165) is 24.3 Å². The highest BCUT2D eigenvalue weighted by Crippen LogP contribution is 2.24. The van der Waals surface area contributed by atoms with Gasteiger partial charge in [-0.25, -0.2) is 14.4 Å². The van der Waals surface area contributed by atoms with Gasteiger partial charge in [-0.15, -0.1) is 0 Å². The lowest BCUT2D eigenvalue weighted by atomic mass is 9.88. The van der Waals surface area contributed by atoms with Gasteiger partial charge in [-0.2, -0.15) is 0 Å². The number of carbonyl (C=O) groups excluding carboxylic acids is 3. The summed E-state index contributed by atoms with van der Waals surface area (Å²) in [7, 11) is 0. The Morgan fingerprint density at radius 1 is 0.960 bits per heavy atom. The number of hydrogen-bond acceptors (Lipinski definition) is 7. The first-order valence-corrected chi connectivity index (χ1v) is 7.93. The normalized spacial score (nSPS) is 14.9. The predicted molar refractivity (Wildman–Crippen MR) is 93.7 cm³/mol. The first-order chi connectivity index (χ1) is 11.8. The van der Waals surface area contributed by atoms with Crippen LogP contribution in [0, 0.1) is 5.41 Å². The third kappa shape index (κ3) is 10.9. The van der Waals surface area contributed by atoms with E-state index in [1.165, 1.54) is 6.54 Å². The van der Waals surface area contributed by atoms with E-state index < -0.39 is 23.3 Å². The lowest BCUT2D eigenvalue weighted by Gasteiger charge is -2.30. The summed E-state index contributed by atoms with van der Waals surface area (Å²) in [5.41, 5.74) is -0.837. The van der Waals surface area contributed by atoms with Gasteiger partial charge in [0.15, 0.2) is 0 Å². The van der Waals surface area contributed by atoms with Gasteiger partial charge < -0.3 is 19.5 Å². The molecule has 0 aromatic heterocycles. The fourth-order valence-electron chi connectivity index (χ4n) is 1.40. The Kier molecular flexibility index (Phi) is 10.9. The van der Waals surface area contributed by atoms with Crippen LogP contribution >= 0.6 is 0 Å². The van der Waals surface area contributed by atoms with Crippen LogP contribution < -0.4 is 5.32 Å². The summed E-state index contributed by atoms with van der Waals surface area (Å²) in [5.74, 6) is -1.84. The van der Waals surface area contributed by atoms with Crippen molar-refractivity contribution in [2.75, 3.05) is 26.4 Å². The molecule has 1 rings (SSSR count). The molecule has 1 aliphatic heterocycles. The maximum Gasteiger partial charge on any atom is 0.330 e. The van der Waals surface area contributed by atoms with Gasteiger partial charge in [0.05, 0.1) is 5.41 Å². The van der Waals surface area contributed by atoms with E-state index in [0.29, 0.717) is 6.42 Å². The Hall–Kier alpha value is -2.41. The first-order valence-electron chi connectivity index (χ1n) is 7.93. The molecule has 0 aromatic carbocycles. The zero-order chi connectivity index (χ0) is 19.3. The van der Waals surface area contributed by atoms with Gasteiger partial charge in [0.1, 0.15) is 19.8 Å². The lowest BCUT2D eigenvalue weighted by molar-refractivity contribution is -0.156. The van der Waals surface area contributed by atoms with E-state index in [-0.39, 0.29) is 19.8 Å². The molecular weight excluding hydrogens is 326 g/mol. The number of rotatable bonds is 10. The van der Waals surface area contributed by atoms with Crippen molar-refractivity contribution in [3.8, 4) is 0 Å². The Morgan fingerprint density at radius 3 is 1.40 bits per heavy atom. The summed E-state index contributed by atoms with van der Waals surface area (Å²) >= 11 is 0. The van der Waals surface area contributed by atoms with Crippen LogP contribution in [0.1, 0.15) is 20.3 Å². The maximum atomic E-state index is 11.2. The second kappa shape index (κ2) is 12.0. The minimum Gasteiger partial charge on any atom is -0.462 e. The van der Waals surface area contributed by atoms with Gasteiger partial charge in [0, 0.05) is 30.8 Å². The van der Waals surface area contributed by atoms with E-state index in [1.807, 2.05) is 0 Å². The highest BCUT2D eigenvalue weighted by atomic mass is 16.6. The molecule has 1 heterocycles. The molecule has 140 valence electrons. The standard InChI is InChI=1S/C15H20O6.C3H7N/c1-5-12(16)19-9-15(8-4,10-20-13(17)6-2)11-21-14(18)7-3;1-3-2-4-3/h5-7H,1-3,8-11H2,4H3;3-4H,2H2,1H3. The molecule has 0 spiro atoms. The molecule has 0 saturated carbocycles. The molecule has 7 heteroatoms. The number of nitrogens with one attached hydrogen (secondary N) is 1. The second-order valence-corrected chi connectivity index (χ2v) is 5.60. The third-order valence-corrected chi connectivity index (χ3v) is 3.42. The number of esters is 3. The van der Waals surface area contributed by atoms with Crippen molar-refractivity contribution in [3.05, 3.63) is 38.0 Å². The van der Waals surface area contributed by atoms with Gasteiger partial charge in [0.25, 0.3) is 0 Å². The lowest BCUT2D eigenvalue weighted by Crippen LogP contribution is -2.38. The van der Waals surface area contributed by atoms with E-state index in [4.69, 9.17) is 14.2 Å². The Morgan fingerprint density at radius 2 is 1.24 bits per heavy atom. The van der Waals surface area contributed by atoms with E-state index in [1.54, 1.807) is 6.92 Å². The summed E-state index contributed by atoms with van der Waals surface area (Å²) in [6.45, 7) is 14.8. The molecule has 1 aliphatic rings. The van der Waals surface area contributed by atoms with Gasteiger partial charge in [-0.05, 0) is 13.3 Å². The summed E-state index contributed by atoms with van der Waals surface area (Å²) in [4.78, 5) is 33.5. The molecule has 0 bridgehead atoms. The summed E-state index contributed by atoms with van der Waals surface area (Å²) in [5, 5.41) is 3.10. The van der Waals surface area contributed by atoms with Crippen molar-refractivity contribution in [2.45, 2.75) is 26.3 Å². The SMILES string of the molecule is C=CC(=O)OCC(CC)(COC(=O)C=C)COC(=O)C=C.CC1CN1. The van der Waals surface area contributed by atoms with Crippen LogP contribution in [-0.4, -0.2) is 50.3 Å². The van der Waals surface area contributed by atoms with Crippen molar-refractivity contribution < 1.29 is 28.6 Å². The number of hydrogen-bond donors (Lipinski definition) is 1. The van der Waals surface area contributed by atoms with Crippen LogP contribution in [0.25, 0.3) is 0 Å². The minimum atomic E-state index is -0.837. The smallest absolute Gasteiger partial charge is 0.330 e. The summed E-state index contributed by atoms with van der Waals surface area (Å²) in [6, 6.07) is 0.833. The van der Waals surface area contributed by atoms with Gasteiger partial charge in [-0.1, -0.05) is 26.7 Å². The molecule has 1 atom stereocenters. The predicted octanol–water partition coefficient (Wildman–Crippen LogP) is 1.55. The van der Waals surface area contributed by atoms with Crippen molar-refractivity contribution in [3.63, 3.8) is 0 Å². The molecule has 0 aromatic rings. The van der Waals surface area contributed by atoms with Crippen LogP contribution in [0.4, 0.5) is 0 Å². The Labute approximate surface area is 148 Å². The van der Waals surface area contributed by atoms with Crippen molar-refractivity contribution >= 4 is 17.9 Å². The molecule has 25 heavy (non-hydrogen) atoms. The fourth-order valence-corrected chi connectivity index (χ4v) is 1.40. The van der Waals surface area contributed by atoms with Crippen LogP contribution in [-0.2, 0) is 28.6 Å². The zero-order valence-electron chi connectivity index (χ0n) is 14.9. The van der Waals surface area contributed by atoms with Crippen LogP contribution in [0.3, 0.4) is 0 Å².